The van der Waals surface area contributed by atoms with Crippen LogP contribution in [-0.2, 0) is 18.4 Å². The van der Waals surface area contributed by atoms with Crippen LogP contribution in [0.3, 0.4) is 0 Å². The van der Waals surface area contributed by atoms with Gasteiger partial charge >= 0.3 is 5.97 Å². The van der Waals surface area contributed by atoms with Crippen molar-refractivity contribution in [3.8, 4) is 0 Å². The highest BCUT2D eigenvalue weighted by Gasteiger charge is 2.25. The van der Waals surface area contributed by atoms with Gasteiger partial charge in [0.1, 0.15) is 5.69 Å². The zero-order valence-electron chi connectivity index (χ0n) is 14.8. The van der Waals surface area contributed by atoms with Gasteiger partial charge in [0.05, 0.1) is 34.9 Å². The molecule has 144 valence electrons. The molecule has 1 amide bonds. The van der Waals surface area contributed by atoms with Crippen molar-refractivity contribution in [3.63, 3.8) is 0 Å². The van der Waals surface area contributed by atoms with E-state index in [1.54, 1.807) is 35.9 Å². The van der Waals surface area contributed by atoms with E-state index in [1.807, 2.05) is 6.07 Å². The van der Waals surface area contributed by atoms with Crippen molar-refractivity contribution in [1.82, 2.24) is 9.88 Å². The number of carbonyl (C=O) groups excluding carboxylic acids is 1. The number of aromatic nitrogens is 1. The second-order valence-corrected chi connectivity index (χ2v) is 7.43. The number of halogens is 2. The molecule has 0 aliphatic carbocycles. The van der Waals surface area contributed by atoms with Crippen LogP contribution >= 0.6 is 23.2 Å². The summed E-state index contributed by atoms with van der Waals surface area (Å²) >= 11 is 12.3. The number of nitrogens with zero attached hydrogens (tertiary/aromatic N) is 1. The van der Waals surface area contributed by atoms with Crippen LogP contribution in [0.1, 0.15) is 38.0 Å². The lowest BCUT2D eigenvalue weighted by atomic mass is 9.96. The van der Waals surface area contributed by atoms with Crippen LogP contribution in [0.2, 0.25) is 10.0 Å². The molecule has 28 heavy (non-hydrogen) atoms. The molecule has 0 bridgehead atoms. The predicted molar refractivity (Wildman–Crippen MR) is 106 cm³/mol. The summed E-state index contributed by atoms with van der Waals surface area (Å²) in [5.74, 6) is -1.28. The Labute approximate surface area is 170 Å². The van der Waals surface area contributed by atoms with Gasteiger partial charge in [-0.2, -0.15) is 0 Å². The molecule has 4 rings (SSSR count). The first-order valence-corrected chi connectivity index (χ1v) is 9.30. The molecule has 2 N–H and O–H groups in total. The maximum Gasteiger partial charge on any atom is 0.335 e. The number of amides is 1. The summed E-state index contributed by atoms with van der Waals surface area (Å²) in [6.45, 7) is 0.618. The van der Waals surface area contributed by atoms with Crippen molar-refractivity contribution in [1.29, 1.82) is 0 Å². The van der Waals surface area contributed by atoms with E-state index in [0.717, 1.165) is 16.6 Å². The Bertz CT molecular complexity index is 1120. The largest absolute Gasteiger partial charge is 0.478 e. The zero-order chi connectivity index (χ0) is 20.0. The Morgan fingerprint density at radius 3 is 2.75 bits per heavy atom. The lowest BCUT2D eigenvalue weighted by Crippen LogP contribution is -2.35. The van der Waals surface area contributed by atoms with E-state index in [0.29, 0.717) is 34.3 Å². The van der Waals surface area contributed by atoms with Gasteiger partial charge in [-0.3, -0.25) is 4.79 Å². The number of fused-ring (bicyclic) bond motifs is 2. The molecule has 0 spiro atoms. The Morgan fingerprint density at radius 2 is 2.00 bits per heavy atom. The molecular weight excluding hydrogens is 403 g/mol. The molecule has 2 heterocycles. The van der Waals surface area contributed by atoms with Crippen molar-refractivity contribution < 1.29 is 19.4 Å². The predicted octanol–water partition coefficient (Wildman–Crippen LogP) is 4.18. The number of benzene rings is 2. The van der Waals surface area contributed by atoms with Crippen LogP contribution in [0.5, 0.6) is 0 Å². The fraction of sp³-hybridized carbons (Fsp3) is 0.200. The number of carbonyl (C=O) groups is 2. The van der Waals surface area contributed by atoms with Crippen molar-refractivity contribution >= 4 is 46.0 Å². The minimum absolute atomic E-state index is 0.189. The molecule has 1 aliphatic rings. The molecule has 0 saturated heterocycles. The van der Waals surface area contributed by atoms with Gasteiger partial charge in [-0.15, -0.1) is 0 Å². The number of hydrogen-bond donors (Lipinski definition) is 2. The topological polar surface area (TPSA) is 80.6 Å². The molecule has 0 fully saturated rings. The van der Waals surface area contributed by atoms with E-state index in [9.17, 15) is 9.59 Å². The highest BCUT2D eigenvalue weighted by molar-refractivity contribution is 6.45. The van der Waals surface area contributed by atoms with Crippen LogP contribution in [0.4, 0.5) is 0 Å². The third-order valence-corrected chi connectivity index (χ3v) is 5.78. The standard InChI is InChI=1S/C20H16Cl2N2O4/c1-24-16-5-4-14(21)18(22)13(16)7-17(24)19(25)23-15-9-28-8-11-6-10(20(26)27)2-3-12(11)15/h2-7,15H,8-9H2,1H3,(H,23,25)(H,26,27)/t15-/m1/s1. The second kappa shape index (κ2) is 7.13. The van der Waals surface area contributed by atoms with Gasteiger partial charge in [-0.05, 0) is 41.5 Å². The number of aromatic carboxylic acids is 1. The summed E-state index contributed by atoms with van der Waals surface area (Å²) in [6.07, 6.45) is 0. The van der Waals surface area contributed by atoms with Crippen LogP contribution in [0.25, 0.3) is 10.9 Å². The minimum Gasteiger partial charge on any atom is -0.478 e. The summed E-state index contributed by atoms with van der Waals surface area (Å²) in [6, 6.07) is 9.67. The normalized spacial score (nSPS) is 16.0. The van der Waals surface area contributed by atoms with Crippen LogP contribution in [-0.4, -0.2) is 28.2 Å². The van der Waals surface area contributed by atoms with Crippen molar-refractivity contribution in [2.45, 2.75) is 12.6 Å². The molecule has 3 aromatic rings. The number of carboxylic acids is 1. The maximum absolute atomic E-state index is 12.9. The molecule has 6 nitrogen and oxygen atoms in total. The number of hydrogen-bond acceptors (Lipinski definition) is 3. The van der Waals surface area contributed by atoms with E-state index in [2.05, 4.69) is 5.32 Å². The minimum atomic E-state index is -1.00. The number of rotatable bonds is 3. The van der Waals surface area contributed by atoms with E-state index in [1.165, 1.54) is 6.07 Å². The molecule has 2 aromatic carbocycles. The highest BCUT2D eigenvalue weighted by atomic mass is 35.5. The van der Waals surface area contributed by atoms with E-state index in [4.69, 9.17) is 33.0 Å². The SMILES string of the molecule is Cn1c(C(=O)N[C@@H]2COCc3cc(C(=O)O)ccc32)cc2c(Cl)c(Cl)ccc21. The Morgan fingerprint density at radius 1 is 1.21 bits per heavy atom. The Balaban J connectivity index is 1.65. The lowest BCUT2D eigenvalue weighted by molar-refractivity contribution is 0.0676. The second-order valence-electron chi connectivity index (χ2n) is 6.64. The van der Waals surface area contributed by atoms with Gasteiger partial charge in [0.15, 0.2) is 0 Å². The first-order valence-electron chi connectivity index (χ1n) is 8.55. The number of carboxylic acid groups (broad SMARTS) is 1. The average molecular weight is 419 g/mol. The fourth-order valence-corrected chi connectivity index (χ4v) is 3.88. The van der Waals surface area contributed by atoms with Crippen LogP contribution in [0, 0.1) is 0 Å². The first-order chi connectivity index (χ1) is 13.4. The number of nitrogens with one attached hydrogen (secondary N) is 1. The third kappa shape index (κ3) is 3.13. The molecule has 8 heteroatoms. The smallest absolute Gasteiger partial charge is 0.335 e. The van der Waals surface area contributed by atoms with E-state index in [-0.39, 0.29) is 17.5 Å². The molecule has 1 atom stereocenters. The van der Waals surface area contributed by atoms with Gasteiger partial charge in [-0.1, -0.05) is 29.3 Å². The first kappa shape index (κ1) is 18.8. The van der Waals surface area contributed by atoms with Crippen molar-refractivity contribution in [3.05, 3.63) is 68.8 Å². The van der Waals surface area contributed by atoms with Crippen LogP contribution < -0.4 is 5.32 Å². The van der Waals surface area contributed by atoms with Crippen molar-refractivity contribution in [2.75, 3.05) is 6.61 Å². The average Bonchev–Trinajstić information content (AvgIpc) is 3.02. The molecule has 0 saturated carbocycles. The van der Waals surface area contributed by atoms with E-state index >= 15 is 0 Å². The fourth-order valence-electron chi connectivity index (χ4n) is 3.50. The molecule has 1 aliphatic heterocycles. The number of ether oxygens (including phenoxy) is 1. The summed E-state index contributed by atoms with van der Waals surface area (Å²) in [5, 5.41) is 13.7. The Hall–Kier alpha value is -2.54. The van der Waals surface area contributed by atoms with Crippen LogP contribution in [0.15, 0.2) is 36.4 Å². The molecule has 0 unspecified atom stereocenters. The van der Waals surface area contributed by atoms with Gasteiger partial charge < -0.3 is 19.7 Å². The quantitative estimate of drug-likeness (QED) is 0.668. The summed E-state index contributed by atoms with van der Waals surface area (Å²) in [4.78, 5) is 24.1. The molecular formula is C20H16Cl2N2O4. The Kier molecular flexibility index (Phi) is 4.79. The summed E-state index contributed by atoms with van der Waals surface area (Å²) in [7, 11) is 1.78. The molecule has 0 radical (unpaired) electrons. The number of aryl methyl sites for hydroxylation is 1. The lowest BCUT2D eigenvalue weighted by Gasteiger charge is -2.27. The zero-order valence-corrected chi connectivity index (χ0v) is 16.3. The van der Waals surface area contributed by atoms with Gasteiger partial charge in [0, 0.05) is 18.0 Å². The maximum atomic E-state index is 12.9. The summed E-state index contributed by atoms with van der Waals surface area (Å²) in [5.41, 5.74) is 3.03. The monoisotopic (exact) mass is 418 g/mol. The van der Waals surface area contributed by atoms with Gasteiger partial charge in [0.2, 0.25) is 0 Å². The van der Waals surface area contributed by atoms with Gasteiger partial charge in [-0.25, -0.2) is 4.79 Å². The van der Waals surface area contributed by atoms with E-state index < -0.39 is 5.97 Å². The van der Waals surface area contributed by atoms with Crippen molar-refractivity contribution in [2.24, 2.45) is 7.05 Å². The highest BCUT2D eigenvalue weighted by Crippen LogP contribution is 2.33. The van der Waals surface area contributed by atoms with Gasteiger partial charge in [0.25, 0.3) is 5.91 Å². The molecule has 1 aromatic heterocycles. The summed E-state index contributed by atoms with van der Waals surface area (Å²) < 4.78 is 7.31. The third-order valence-electron chi connectivity index (χ3n) is 4.96.